The second kappa shape index (κ2) is 4.65. The Hall–Kier alpha value is -2.04. The standard InChI is InChI=1S/C11H13N5/c1-12-10-7-8(3-5-14-10)9-4-6-15-11(13-2)16-9/h4,6-7H,2-3,5H2,1H3,(H,12,14). The summed E-state index contributed by atoms with van der Waals surface area (Å²) in [4.78, 5) is 16.1. The van der Waals surface area contributed by atoms with Gasteiger partial charge in [-0.05, 0) is 30.9 Å². The first-order chi connectivity index (χ1) is 7.83. The molecule has 82 valence electrons. The van der Waals surface area contributed by atoms with Crippen LogP contribution in [0.2, 0.25) is 0 Å². The SMILES string of the molecule is C=Nc1nccc(C2=CC(=NC)NCC2)n1. The molecule has 0 atom stereocenters. The lowest BCUT2D eigenvalue weighted by Crippen LogP contribution is -2.27. The minimum atomic E-state index is 0.409. The summed E-state index contributed by atoms with van der Waals surface area (Å²) in [5, 5.41) is 3.19. The zero-order valence-electron chi connectivity index (χ0n) is 9.14. The van der Waals surface area contributed by atoms with Gasteiger partial charge in [0.05, 0.1) is 5.69 Å². The molecule has 0 radical (unpaired) electrons. The van der Waals surface area contributed by atoms with E-state index in [1.807, 2.05) is 12.1 Å². The maximum atomic E-state index is 4.29. The van der Waals surface area contributed by atoms with Crippen molar-refractivity contribution < 1.29 is 0 Å². The first-order valence-corrected chi connectivity index (χ1v) is 5.05. The average molecular weight is 215 g/mol. The van der Waals surface area contributed by atoms with Crippen molar-refractivity contribution in [3.63, 3.8) is 0 Å². The Morgan fingerprint density at radius 3 is 3.12 bits per heavy atom. The van der Waals surface area contributed by atoms with Crippen LogP contribution in [0, 0.1) is 0 Å². The molecular weight excluding hydrogens is 202 g/mol. The van der Waals surface area contributed by atoms with Crippen molar-refractivity contribution in [1.29, 1.82) is 0 Å². The molecule has 1 N–H and O–H groups in total. The van der Waals surface area contributed by atoms with Gasteiger partial charge in [-0.25, -0.2) is 15.0 Å². The van der Waals surface area contributed by atoms with Crippen molar-refractivity contribution in [1.82, 2.24) is 15.3 Å². The summed E-state index contributed by atoms with van der Waals surface area (Å²) in [7, 11) is 1.76. The molecule has 1 aliphatic rings. The maximum Gasteiger partial charge on any atom is 0.249 e. The molecule has 0 saturated heterocycles. The fourth-order valence-corrected chi connectivity index (χ4v) is 1.56. The lowest BCUT2D eigenvalue weighted by Gasteiger charge is -2.15. The molecule has 0 fully saturated rings. The van der Waals surface area contributed by atoms with E-state index in [0.29, 0.717) is 5.95 Å². The first kappa shape index (κ1) is 10.5. The van der Waals surface area contributed by atoms with Gasteiger partial charge in [0, 0.05) is 19.8 Å². The average Bonchev–Trinajstić information content (AvgIpc) is 2.39. The molecule has 0 aromatic carbocycles. The smallest absolute Gasteiger partial charge is 0.249 e. The molecule has 0 aliphatic carbocycles. The van der Waals surface area contributed by atoms with Gasteiger partial charge >= 0.3 is 0 Å². The molecule has 0 bridgehead atoms. The molecule has 5 heteroatoms. The van der Waals surface area contributed by atoms with Crippen LogP contribution in [0.5, 0.6) is 0 Å². The third-order valence-corrected chi connectivity index (χ3v) is 2.37. The number of aliphatic imine (C=N–C) groups is 2. The highest BCUT2D eigenvalue weighted by atomic mass is 15.0. The highest BCUT2D eigenvalue weighted by molar-refractivity contribution is 6.00. The van der Waals surface area contributed by atoms with Gasteiger partial charge < -0.3 is 5.32 Å². The van der Waals surface area contributed by atoms with Crippen LogP contribution in [0.1, 0.15) is 12.1 Å². The number of amidine groups is 1. The van der Waals surface area contributed by atoms with Crippen molar-refractivity contribution in [2.24, 2.45) is 9.98 Å². The van der Waals surface area contributed by atoms with Gasteiger partial charge in [0.25, 0.3) is 0 Å². The topological polar surface area (TPSA) is 62.5 Å². The number of aromatic nitrogens is 2. The lowest BCUT2D eigenvalue weighted by molar-refractivity contribution is 0.878. The maximum absolute atomic E-state index is 4.29. The van der Waals surface area contributed by atoms with Crippen LogP contribution in [0.3, 0.4) is 0 Å². The largest absolute Gasteiger partial charge is 0.370 e. The first-order valence-electron chi connectivity index (χ1n) is 5.05. The zero-order chi connectivity index (χ0) is 11.4. The normalized spacial score (nSPS) is 17.8. The van der Waals surface area contributed by atoms with Crippen molar-refractivity contribution in [2.75, 3.05) is 13.6 Å². The molecule has 1 aromatic heterocycles. The van der Waals surface area contributed by atoms with Crippen LogP contribution in [-0.2, 0) is 0 Å². The summed E-state index contributed by atoms with van der Waals surface area (Å²) in [5.74, 6) is 1.29. The molecule has 5 nitrogen and oxygen atoms in total. The third kappa shape index (κ3) is 2.13. The molecule has 16 heavy (non-hydrogen) atoms. The molecular formula is C11H13N5. The van der Waals surface area contributed by atoms with Crippen molar-refractivity contribution in [3.8, 4) is 0 Å². The van der Waals surface area contributed by atoms with E-state index in [-0.39, 0.29) is 0 Å². The summed E-state index contributed by atoms with van der Waals surface area (Å²) >= 11 is 0. The summed E-state index contributed by atoms with van der Waals surface area (Å²) in [6.07, 6.45) is 4.61. The predicted octanol–water partition coefficient (Wildman–Crippen LogP) is 1.21. The molecule has 1 aromatic rings. The zero-order valence-corrected chi connectivity index (χ0v) is 9.14. The van der Waals surface area contributed by atoms with E-state index in [1.165, 1.54) is 0 Å². The molecule has 2 rings (SSSR count). The van der Waals surface area contributed by atoms with Crippen molar-refractivity contribution >= 4 is 24.1 Å². The highest BCUT2D eigenvalue weighted by Crippen LogP contribution is 2.19. The number of rotatable bonds is 2. The Morgan fingerprint density at radius 2 is 2.38 bits per heavy atom. The Labute approximate surface area is 94.1 Å². The van der Waals surface area contributed by atoms with Crippen LogP contribution in [0.15, 0.2) is 28.3 Å². The van der Waals surface area contributed by atoms with Gasteiger partial charge in [-0.15, -0.1) is 0 Å². The summed E-state index contributed by atoms with van der Waals surface area (Å²) in [6, 6.07) is 1.87. The summed E-state index contributed by atoms with van der Waals surface area (Å²) < 4.78 is 0. The molecule has 0 unspecified atom stereocenters. The van der Waals surface area contributed by atoms with Gasteiger partial charge in [0.1, 0.15) is 5.84 Å². The fraction of sp³-hybridized carbons (Fsp3) is 0.273. The highest BCUT2D eigenvalue weighted by Gasteiger charge is 2.10. The van der Waals surface area contributed by atoms with Crippen LogP contribution >= 0.6 is 0 Å². The second-order valence-electron chi connectivity index (χ2n) is 3.36. The molecule has 1 aliphatic heterocycles. The fourth-order valence-electron chi connectivity index (χ4n) is 1.56. The monoisotopic (exact) mass is 215 g/mol. The molecule has 2 heterocycles. The van der Waals surface area contributed by atoms with Gasteiger partial charge in [-0.2, -0.15) is 0 Å². The number of nitrogens with one attached hydrogen (secondary N) is 1. The second-order valence-corrected chi connectivity index (χ2v) is 3.36. The summed E-state index contributed by atoms with van der Waals surface area (Å²) in [5.41, 5.74) is 2.03. The third-order valence-electron chi connectivity index (χ3n) is 2.37. The Bertz CT molecular complexity index is 461. The van der Waals surface area contributed by atoms with Gasteiger partial charge in [0.15, 0.2) is 0 Å². The summed E-state index contributed by atoms with van der Waals surface area (Å²) in [6.45, 7) is 4.29. The Morgan fingerprint density at radius 1 is 1.50 bits per heavy atom. The van der Waals surface area contributed by atoms with E-state index in [1.54, 1.807) is 13.2 Å². The number of hydrogen-bond acceptors (Lipinski definition) is 4. The Balaban J connectivity index is 2.36. The van der Waals surface area contributed by atoms with E-state index in [9.17, 15) is 0 Å². The van der Waals surface area contributed by atoms with Gasteiger partial charge in [-0.3, -0.25) is 4.99 Å². The van der Waals surface area contributed by atoms with E-state index in [2.05, 4.69) is 32.0 Å². The van der Waals surface area contributed by atoms with Gasteiger partial charge in [-0.1, -0.05) is 0 Å². The van der Waals surface area contributed by atoms with E-state index in [0.717, 1.165) is 30.1 Å². The molecule has 0 saturated carbocycles. The van der Waals surface area contributed by atoms with Crippen LogP contribution in [0.25, 0.3) is 5.57 Å². The van der Waals surface area contributed by atoms with Crippen molar-refractivity contribution in [3.05, 3.63) is 24.0 Å². The van der Waals surface area contributed by atoms with Crippen LogP contribution in [0.4, 0.5) is 5.95 Å². The van der Waals surface area contributed by atoms with E-state index >= 15 is 0 Å². The number of nitrogens with zero attached hydrogens (tertiary/aromatic N) is 4. The minimum absolute atomic E-state index is 0.409. The predicted molar refractivity (Wildman–Crippen MR) is 65.2 cm³/mol. The van der Waals surface area contributed by atoms with Crippen molar-refractivity contribution in [2.45, 2.75) is 6.42 Å². The van der Waals surface area contributed by atoms with Gasteiger partial charge in [0.2, 0.25) is 5.95 Å². The van der Waals surface area contributed by atoms with Crippen LogP contribution in [-0.4, -0.2) is 36.1 Å². The van der Waals surface area contributed by atoms with E-state index in [4.69, 9.17) is 0 Å². The minimum Gasteiger partial charge on any atom is -0.370 e. The molecule has 0 amide bonds. The van der Waals surface area contributed by atoms with Crippen LogP contribution < -0.4 is 5.32 Å². The Kier molecular flexibility index (Phi) is 3.05. The number of hydrogen-bond donors (Lipinski definition) is 1. The quantitative estimate of drug-likeness (QED) is 0.754. The molecule has 0 spiro atoms. The lowest BCUT2D eigenvalue weighted by atomic mass is 10.1. The van der Waals surface area contributed by atoms with E-state index < -0.39 is 0 Å².